The summed E-state index contributed by atoms with van der Waals surface area (Å²) in [7, 11) is 0. The Morgan fingerprint density at radius 1 is 0.887 bits per heavy atom. The second-order valence-electron chi connectivity index (χ2n) is 13.1. The molecule has 2 heterocycles. The molecule has 13 nitrogen and oxygen atoms in total. The van der Waals surface area contributed by atoms with Crippen molar-refractivity contribution in [1.29, 1.82) is 0 Å². The molecular formula is C40H44N4O9. The van der Waals surface area contributed by atoms with Crippen LogP contribution in [0.25, 0.3) is 11.0 Å². The fourth-order valence-corrected chi connectivity index (χ4v) is 6.15. The van der Waals surface area contributed by atoms with Crippen LogP contribution in [0.1, 0.15) is 56.2 Å². The first kappa shape index (κ1) is 38.3. The molecule has 3 aromatic carbocycles. The lowest BCUT2D eigenvalue weighted by Crippen LogP contribution is -2.57. The number of ether oxygens (including phenoxy) is 2. The summed E-state index contributed by atoms with van der Waals surface area (Å²) in [5.74, 6) is -2.72. The number of hydrogen-bond acceptors (Lipinski definition) is 9. The number of esters is 1. The van der Waals surface area contributed by atoms with Gasteiger partial charge in [-0.25, -0.2) is 9.59 Å². The van der Waals surface area contributed by atoms with Gasteiger partial charge in [-0.05, 0) is 54.5 Å². The Bertz CT molecular complexity index is 1930. The minimum Gasteiger partial charge on any atom is -0.461 e. The normalized spacial score (nSPS) is 15.5. The molecule has 0 spiro atoms. The van der Waals surface area contributed by atoms with Crippen molar-refractivity contribution in [3.05, 3.63) is 112 Å². The van der Waals surface area contributed by atoms with E-state index in [0.717, 1.165) is 22.1 Å². The van der Waals surface area contributed by atoms with Gasteiger partial charge in [0.15, 0.2) is 0 Å². The zero-order valence-corrected chi connectivity index (χ0v) is 30.0. The summed E-state index contributed by atoms with van der Waals surface area (Å²) in [6, 6.07) is 21.0. The van der Waals surface area contributed by atoms with Crippen molar-refractivity contribution in [1.82, 2.24) is 15.5 Å². The smallest absolute Gasteiger partial charge is 0.408 e. The Kier molecular flexibility index (Phi) is 13.0. The van der Waals surface area contributed by atoms with E-state index in [4.69, 9.17) is 13.9 Å². The van der Waals surface area contributed by atoms with E-state index in [1.54, 1.807) is 73.7 Å². The zero-order valence-electron chi connectivity index (χ0n) is 30.0. The number of rotatable bonds is 14. The molecule has 4 amide bonds. The van der Waals surface area contributed by atoms with Crippen LogP contribution >= 0.6 is 0 Å². The summed E-state index contributed by atoms with van der Waals surface area (Å²) in [5.41, 5.74) is 2.39. The number of likely N-dealkylation sites (tertiary alicyclic amines) is 1. The van der Waals surface area contributed by atoms with Crippen LogP contribution in [0.3, 0.4) is 0 Å². The van der Waals surface area contributed by atoms with E-state index >= 15 is 0 Å². The zero-order chi connectivity index (χ0) is 37.9. The molecule has 0 saturated carbocycles. The Hall–Kier alpha value is -5.98. The Balaban J connectivity index is 1.28. The molecule has 0 aliphatic carbocycles. The predicted octanol–water partition coefficient (Wildman–Crippen LogP) is 4.99. The van der Waals surface area contributed by atoms with Gasteiger partial charge in [0.2, 0.25) is 17.7 Å². The molecule has 1 aliphatic rings. The molecule has 1 fully saturated rings. The number of nitrogens with one attached hydrogen (secondary N) is 3. The molecular weight excluding hydrogens is 680 g/mol. The Labute approximate surface area is 307 Å². The van der Waals surface area contributed by atoms with Gasteiger partial charge in [0.1, 0.15) is 36.9 Å². The number of hydrogen-bond donors (Lipinski definition) is 3. The lowest BCUT2D eigenvalue weighted by molar-refractivity contribution is -0.149. The second-order valence-corrected chi connectivity index (χ2v) is 13.1. The van der Waals surface area contributed by atoms with Crippen LogP contribution in [0.5, 0.6) is 0 Å². The van der Waals surface area contributed by atoms with Gasteiger partial charge in [0.05, 0.1) is 6.42 Å². The number of fused-ring (bicyclic) bond motifs is 1. The van der Waals surface area contributed by atoms with Crippen LogP contribution in [-0.2, 0) is 41.9 Å². The third-order valence-corrected chi connectivity index (χ3v) is 9.27. The maximum atomic E-state index is 14.0. The summed E-state index contributed by atoms with van der Waals surface area (Å²) in [6.45, 7) is 5.60. The molecule has 1 aromatic heterocycles. The van der Waals surface area contributed by atoms with E-state index in [2.05, 4.69) is 16.0 Å². The number of benzene rings is 3. The third-order valence-electron chi connectivity index (χ3n) is 9.27. The molecule has 4 atom stereocenters. The van der Waals surface area contributed by atoms with Gasteiger partial charge in [-0.3, -0.25) is 19.2 Å². The quantitative estimate of drug-likeness (QED) is 0.120. The number of carbonyl (C=O) groups excluding carboxylic acids is 5. The van der Waals surface area contributed by atoms with Crippen LogP contribution in [-0.4, -0.2) is 59.4 Å². The van der Waals surface area contributed by atoms with Crippen LogP contribution in [0.2, 0.25) is 0 Å². The standard InChI is InChI=1S/C40H44N4O9/c1-4-25(2)36(38(48)41-29-17-18-30-26(3)20-35(46)53-33(30)21-29)43-37(47)32-16-11-19-44(32)39(49)31(22-34(45)51-23-27-12-7-5-8-13-27)42-40(50)52-24-28-14-9-6-10-15-28/h5-10,12-15,17-18,20-21,25,31-32,36H,4,11,16,19,22-24H2,1-3H3,(H,41,48)(H,42,50)(H,43,47)/t25?,31-,32-,36+/m0/s1. The molecule has 4 aromatic rings. The van der Waals surface area contributed by atoms with Gasteiger partial charge >= 0.3 is 17.7 Å². The predicted molar refractivity (Wildman–Crippen MR) is 196 cm³/mol. The highest BCUT2D eigenvalue weighted by atomic mass is 16.5. The van der Waals surface area contributed by atoms with Crippen molar-refractivity contribution in [3.63, 3.8) is 0 Å². The summed E-state index contributed by atoms with van der Waals surface area (Å²) < 4.78 is 16.1. The first-order chi connectivity index (χ1) is 25.5. The molecule has 1 saturated heterocycles. The minimum absolute atomic E-state index is 0.0276. The van der Waals surface area contributed by atoms with Crippen LogP contribution < -0.4 is 21.6 Å². The van der Waals surface area contributed by atoms with Gasteiger partial charge in [-0.15, -0.1) is 0 Å². The molecule has 0 bridgehead atoms. The molecule has 1 unspecified atom stereocenters. The van der Waals surface area contributed by atoms with Crippen LogP contribution in [0, 0.1) is 12.8 Å². The summed E-state index contributed by atoms with van der Waals surface area (Å²) in [4.78, 5) is 80.6. The Morgan fingerprint density at radius 2 is 1.55 bits per heavy atom. The summed E-state index contributed by atoms with van der Waals surface area (Å²) in [5, 5.41) is 8.90. The first-order valence-corrected chi connectivity index (χ1v) is 17.6. The average Bonchev–Trinajstić information content (AvgIpc) is 3.65. The van der Waals surface area contributed by atoms with Gasteiger partial charge in [-0.2, -0.15) is 0 Å². The maximum Gasteiger partial charge on any atom is 0.408 e. The van der Waals surface area contributed by atoms with Crippen molar-refractivity contribution in [2.75, 3.05) is 11.9 Å². The third kappa shape index (κ3) is 10.3. The monoisotopic (exact) mass is 724 g/mol. The molecule has 1 aliphatic heterocycles. The van der Waals surface area contributed by atoms with Crippen LogP contribution in [0.15, 0.2) is 94.1 Å². The highest BCUT2D eigenvalue weighted by molar-refractivity contribution is 6.00. The number of amides is 4. The highest BCUT2D eigenvalue weighted by Gasteiger charge is 2.40. The van der Waals surface area contributed by atoms with E-state index in [9.17, 15) is 28.8 Å². The SMILES string of the molecule is CCC(C)[C@@H](NC(=O)[C@@H]1CCCN1C(=O)[C@H](CC(=O)OCc1ccccc1)NC(=O)OCc1ccccc1)C(=O)Nc1ccc2c(C)cc(=O)oc2c1. The average molecular weight is 725 g/mol. The van der Waals surface area contributed by atoms with Crippen molar-refractivity contribution < 1.29 is 37.9 Å². The van der Waals surface area contributed by atoms with Crippen LogP contribution in [0.4, 0.5) is 10.5 Å². The topological polar surface area (TPSA) is 173 Å². The van der Waals surface area contributed by atoms with Gasteiger partial charge in [-0.1, -0.05) is 80.9 Å². The molecule has 0 radical (unpaired) electrons. The molecule has 13 heteroatoms. The molecule has 278 valence electrons. The lowest BCUT2D eigenvalue weighted by atomic mass is 9.97. The number of alkyl carbamates (subject to hydrolysis) is 1. The second kappa shape index (κ2) is 18.0. The van der Waals surface area contributed by atoms with Crippen molar-refractivity contribution in [3.8, 4) is 0 Å². The number of carbonyl (C=O) groups is 5. The summed E-state index contributed by atoms with van der Waals surface area (Å²) in [6.07, 6.45) is -0.0751. The highest BCUT2D eigenvalue weighted by Crippen LogP contribution is 2.23. The lowest BCUT2D eigenvalue weighted by Gasteiger charge is -2.30. The van der Waals surface area contributed by atoms with E-state index in [-0.39, 0.29) is 25.7 Å². The minimum atomic E-state index is -1.39. The van der Waals surface area contributed by atoms with Gasteiger partial charge in [0, 0.05) is 29.8 Å². The first-order valence-electron chi connectivity index (χ1n) is 17.6. The van der Waals surface area contributed by atoms with E-state index in [0.29, 0.717) is 30.5 Å². The van der Waals surface area contributed by atoms with E-state index < -0.39 is 60.0 Å². The Morgan fingerprint density at radius 3 is 2.21 bits per heavy atom. The fourth-order valence-electron chi connectivity index (χ4n) is 6.15. The van der Waals surface area contributed by atoms with Crippen molar-refractivity contribution in [2.45, 2.75) is 77.8 Å². The number of aryl methyl sites for hydroxylation is 1. The number of anilines is 1. The van der Waals surface area contributed by atoms with Gasteiger partial charge < -0.3 is 34.7 Å². The largest absolute Gasteiger partial charge is 0.461 e. The van der Waals surface area contributed by atoms with Crippen molar-refractivity contribution >= 4 is 46.4 Å². The fraction of sp³-hybridized carbons (Fsp3) is 0.350. The summed E-state index contributed by atoms with van der Waals surface area (Å²) >= 11 is 0. The van der Waals surface area contributed by atoms with E-state index in [1.165, 1.54) is 11.0 Å². The van der Waals surface area contributed by atoms with Crippen molar-refractivity contribution in [2.24, 2.45) is 5.92 Å². The van der Waals surface area contributed by atoms with E-state index in [1.807, 2.05) is 26.0 Å². The molecule has 5 rings (SSSR count). The molecule has 53 heavy (non-hydrogen) atoms. The van der Waals surface area contributed by atoms with Gasteiger partial charge in [0.25, 0.3) is 0 Å². The number of nitrogens with zero attached hydrogens (tertiary/aromatic N) is 1. The molecule has 3 N–H and O–H groups in total. The maximum absolute atomic E-state index is 14.0.